The van der Waals surface area contributed by atoms with Crippen molar-refractivity contribution in [3.05, 3.63) is 0 Å². The summed E-state index contributed by atoms with van der Waals surface area (Å²) in [6.07, 6.45) is 0. The molecule has 0 aromatic carbocycles. The molecule has 6 heteroatoms. The van der Waals surface area contributed by atoms with Crippen molar-refractivity contribution < 1.29 is 4.74 Å². The van der Waals surface area contributed by atoms with Crippen LogP contribution in [0.2, 0.25) is 0 Å². The van der Waals surface area contributed by atoms with Crippen LogP contribution in [0.15, 0.2) is 0 Å². The van der Waals surface area contributed by atoms with Gasteiger partial charge in [0.25, 0.3) is 0 Å². The summed E-state index contributed by atoms with van der Waals surface area (Å²) in [7, 11) is 0. The summed E-state index contributed by atoms with van der Waals surface area (Å²) in [5, 5.41) is 6.21. The Bertz CT molecular complexity index is 318. The van der Waals surface area contributed by atoms with Gasteiger partial charge >= 0.3 is 6.01 Å². The first-order valence-corrected chi connectivity index (χ1v) is 6.02. The number of hydrogen-bond acceptors (Lipinski definition) is 6. The summed E-state index contributed by atoms with van der Waals surface area (Å²) in [4.78, 5) is 12.6. The van der Waals surface area contributed by atoms with Crippen molar-refractivity contribution in [3.63, 3.8) is 0 Å². The molecule has 0 unspecified atom stereocenters. The second-order valence-corrected chi connectivity index (χ2v) is 4.00. The Morgan fingerprint density at radius 2 is 1.71 bits per heavy atom. The highest BCUT2D eigenvalue weighted by Gasteiger charge is 2.06. The van der Waals surface area contributed by atoms with Crippen LogP contribution in [0.4, 0.5) is 11.9 Å². The van der Waals surface area contributed by atoms with E-state index in [-0.39, 0.29) is 0 Å². The standard InChI is InChI=1S/C11H21N5O/c1-5-12-9-14-10(13-7-8(3)4)16-11(15-9)17-6-2/h8H,5-7H2,1-4H3,(H2,12,13,14,15,16). The molecule has 1 aromatic heterocycles. The molecule has 0 saturated heterocycles. The molecular weight excluding hydrogens is 218 g/mol. The highest BCUT2D eigenvalue weighted by molar-refractivity contribution is 5.35. The number of ether oxygens (including phenoxy) is 1. The van der Waals surface area contributed by atoms with Crippen LogP contribution < -0.4 is 15.4 Å². The molecule has 0 aliphatic heterocycles. The summed E-state index contributed by atoms with van der Waals surface area (Å²) >= 11 is 0. The molecule has 0 fully saturated rings. The van der Waals surface area contributed by atoms with E-state index in [2.05, 4.69) is 39.4 Å². The van der Waals surface area contributed by atoms with Gasteiger partial charge in [0.1, 0.15) is 0 Å². The molecule has 0 atom stereocenters. The van der Waals surface area contributed by atoms with E-state index in [1.165, 1.54) is 0 Å². The largest absolute Gasteiger partial charge is 0.464 e. The van der Waals surface area contributed by atoms with E-state index in [0.717, 1.165) is 13.1 Å². The van der Waals surface area contributed by atoms with E-state index in [4.69, 9.17) is 4.74 Å². The number of anilines is 2. The van der Waals surface area contributed by atoms with Crippen molar-refractivity contribution in [3.8, 4) is 6.01 Å². The molecule has 1 aromatic rings. The van der Waals surface area contributed by atoms with Gasteiger partial charge in [0, 0.05) is 13.1 Å². The van der Waals surface area contributed by atoms with Crippen molar-refractivity contribution in [2.45, 2.75) is 27.7 Å². The van der Waals surface area contributed by atoms with Gasteiger partial charge in [-0.15, -0.1) is 0 Å². The third-order valence-corrected chi connectivity index (χ3v) is 1.89. The number of nitrogens with one attached hydrogen (secondary N) is 2. The zero-order valence-electron chi connectivity index (χ0n) is 10.9. The number of rotatable bonds is 7. The molecule has 1 heterocycles. The first-order valence-electron chi connectivity index (χ1n) is 6.02. The molecular formula is C11H21N5O. The lowest BCUT2D eigenvalue weighted by Gasteiger charge is -2.10. The molecule has 0 radical (unpaired) electrons. The van der Waals surface area contributed by atoms with Gasteiger partial charge in [0.05, 0.1) is 6.61 Å². The van der Waals surface area contributed by atoms with Crippen LogP contribution in [0.1, 0.15) is 27.7 Å². The van der Waals surface area contributed by atoms with Gasteiger partial charge in [-0.2, -0.15) is 15.0 Å². The zero-order chi connectivity index (χ0) is 12.7. The molecule has 0 aliphatic carbocycles. The quantitative estimate of drug-likeness (QED) is 0.755. The van der Waals surface area contributed by atoms with Crippen LogP contribution in [0.25, 0.3) is 0 Å². The van der Waals surface area contributed by atoms with E-state index < -0.39 is 0 Å². The summed E-state index contributed by atoms with van der Waals surface area (Å²) in [6, 6.07) is 0.352. The SMILES string of the molecule is CCNc1nc(NCC(C)C)nc(OCC)n1. The van der Waals surface area contributed by atoms with Gasteiger partial charge in [-0.05, 0) is 19.8 Å². The minimum absolute atomic E-state index is 0.352. The van der Waals surface area contributed by atoms with E-state index in [0.29, 0.717) is 30.4 Å². The molecule has 17 heavy (non-hydrogen) atoms. The topological polar surface area (TPSA) is 72.0 Å². The molecule has 0 aliphatic rings. The minimum Gasteiger partial charge on any atom is -0.464 e. The molecule has 2 N–H and O–H groups in total. The Kier molecular flexibility index (Phi) is 5.45. The lowest BCUT2D eigenvalue weighted by atomic mass is 10.2. The predicted octanol–water partition coefficient (Wildman–Crippen LogP) is 1.77. The van der Waals surface area contributed by atoms with Gasteiger partial charge in [-0.25, -0.2) is 0 Å². The monoisotopic (exact) mass is 239 g/mol. The van der Waals surface area contributed by atoms with Crippen LogP contribution in [-0.2, 0) is 0 Å². The van der Waals surface area contributed by atoms with Gasteiger partial charge < -0.3 is 15.4 Å². The summed E-state index contributed by atoms with van der Waals surface area (Å²) in [6.45, 7) is 10.3. The fourth-order valence-electron chi connectivity index (χ4n) is 1.16. The fourth-order valence-corrected chi connectivity index (χ4v) is 1.16. The normalized spacial score (nSPS) is 10.4. The minimum atomic E-state index is 0.352. The molecule has 0 saturated carbocycles. The van der Waals surface area contributed by atoms with Crippen LogP contribution >= 0.6 is 0 Å². The summed E-state index contributed by atoms with van der Waals surface area (Å²) < 4.78 is 5.30. The van der Waals surface area contributed by atoms with Crippen molar-refractivity contribution in [1.29, 1.82) is 0 Å². The van der Waals surface area contributed by atoms with Crippen LogP contribution in [-0.4, -0.2) is 34.6 Å². The zero-order valence-corrected chi connectivity index (χ0v) is 10.9. The predicted molar refractivity (Wildman–Crippen MR) is 68.5 cm³/mol. The highest BCUT2D eigenvalue weighted by Crippen LogP contribution is 2.11. The Morgan fingerprint density at radius 3 is 2.24 bits per heavy atom. The number of nitrogens with zero attached hydrogens (tertiary/aromatic N) is 3. The van der Waals surface area contributed by atoms with E-state index in [1.54, 1.807) is 0 Å². The average molecular weight is 239 g/mol. The van der Waals surface area contributed by atoms with E-state index >= 15 is 0 Å². The highest BCUT2D eigenvalue weighted by atomic mass is 16.5. The molecule has 6 nitrogen and oxygen atoms in total. The Labute approximate surface area is 102 Å². The van der Waals surface area contributed by atoms with Crippen LogP contribution in [0.5, 0.6) is 6.01 Å². The Morgan fingerprint density at radius 1 is 1.06 bits per heavy atom. The smallest absolute Gasteiger partial charge is 0.323 e. The van der Waals surface area contributed by atoms with Crippen molar-refractivity contribution in [1.82, 2.24) is 15.0 Å². The third kappa shape index (κ3) is 4.84. The maximum Gasteiger partial charge on any atom is 0.323 e. The van der Waals surface area contributed by atoms with Crippen molar-refractivity contribution in [2.24, 2.45) is 5.92 Å². The Hall–Kier alpha value is -1.59. The second-order valence-electron chi connectivity index (χ2n) is 4.00. The third-order valence-electron chi connectivity index (χ3n) is 1.89. The van der Waals surface area contributed by atoms with Gasteiger partial charge in [-0.3, -0.25) is 0 Å². The number of aromatic nitrogens is 3. The summed E-state index contributed by atoms with van der Waals surface area (Å²) in [5.41, 5.74) is 0. The average Bonchev–Trinajstić information content (AvgIpc) is 2.27. The molecule has 96 valence electrons. The van der Waals surface area contributed by atoms with Gasteiger partial charge in [0.15, 0.2) is 0 Å². The van der Waals surface area contributed by atoms with Gasteiger partial charge in [-0.1, -0.05) is 13.8 Å². The number of hydrogen-bond donors (Lipinski definition) is 2. The fraction of sp³-hybridized carbons (Fsp3) is 0.727. The maximum atomic E-state index is 5.30. The first-order chi connectivity index (χ1) is 8.15. The Balaban J connectivity index is 2.79. The van der Waals surface area contributed by atoms with Crippen LogP contribution in [0, 0.1) is 5.92 Å². The molecule has 0 bridgehead atoms. The van der Waals surface area contributed by atoms with E-state index in [1.807, 2.05) is 13.8 Å². The lowest BCUT2D eigenvalue weighted by molar-refractivity contribution is 0.312. The molecule has 0 spiro atoms. The second kappa shape index (κ2) is 6.88. The van der Waals surface area contributed by atoms with Crippen molar-refractivity contribution in [2.75, 3.05) is 30.3 Å². The van der Waals surface area contributed by atoms with E-state index in [9.17, 15) is 0 Å². The summed E-state index contributed by atoms with van der Waals surface area (Å²) in [5.74, 6) is 1.62. The van der Waals surface area contributed by atoms with Crippen LogP contribution in [0.3, 0.4) is 0 Å². The molecule has 0 amide bonds. The molecule has 1 rings (SSSR count). The van der Waals surface area contributed by atoms with Gasteiger partial charge in [0.2, 0.25) is 11.9 Å². The maximum absolute atomic E-state index is 5.30. The first kappa shape index (κ1) is 13.5. The van der Waals surface area contributed by atoms with Crippen molar-refractivity contribution >= 4 is 11.9 Å². The lowest BCUT2D eigenvalue weighted by Crippen LogP contribution is -2.14.